The van der Waals surface area contributed by atoms with Gasteiger partial charge >= 0.3 is 0 Å². The highest BCUT2D eigenvalue weighted by Crippen LogP contribution is 2.31. The average Bonchev–Trinajstić information content (AvgIpc) is 2.92. The summed E-state index contributed by atoms with van der Waals surface area (Å²) in [6, 6.07) is 12.2. The fraction of sp³-hybridized carbons (Fsp3) is 0.333. The molecule has 3 aromatic rings. The number of nitrogens with one attached hydrogen (secondary N) is 1. The first kappa shape index (κ1) is 18.4. The van der Waals surface area contributed by atoms with Crippen molar-refractivity contribution in [2.45, 2.75) is 40.0 Å². The topological polar surface area (TPSA) is 51.2 Å². The van der Waals surface area contributed by atoms with Gasteiger partial charge in [-0.05, 0) is 60.2 Å². The Bertz CT molecular complexity index is 934. The summed E-state index contributed by atoms with van der Waals surface area (Å²) in [7, 11) is 0. The monoisotopic (exact) mass is 368 g/mol. The average molecular weight is 369 g/mol. The molecule has 0 radical (unpaired) electrons. The van der Waals surface area contributed by atoms with Gasteiger partial charge in [-0.15, -0.1) is 0 Å². The van der Waals surface area contributed by atoms with Gasteiger partial charge in [0, 0.05) is 0 Å². The third-order valence-electron chi connectivity index (χ3n) is 4.07. The maximum atomic E-state index is 12.2. The van der Waals surface area contributed by atoms with Crippen LogP contribution < -0.4 is 10.1 Å². The van der Waals surface area contributed by atoms with Gasteiger partial charge in [0.05, 0.1) is 10.2 Å². The molecule has 0 atom stereocenters. The quantitative estimate of drug-likeness (QED) is 0.686. The third-order valence-corrected chi connectivity index (χ3v) is 5.00. The lowest BCUT2D eigenvalue weighted by Crippen LogP contribution is -2.20. The van der Waals surface area contributed by atoms with Gasteiger partial charge in [0.15, 0.2) is 11.7 Å². The number of aromatic nitrogens is 1. The number of anilines is 1. The number of benzene rings is 2. The summed E-state index contributed by atoms with van der Waals surface area (Å²) in [6.45, 7) is 10.5. The molecule has 0 aliphatic heterocycles. The van der Waals surface area contributed by atoms with Crippen LogP contribution in [0.15, 0.2) is 36.4 Å². The van der Waals surface area contributed by atoms with E-state index in [1.54, 1.807) is 0 Å². The first-order valence-corrected chi connectivity index (χ1v) is 9.44. The highest BCUT2D eigenvalue weighted by molar-refractivity contribution is 7.22. The molecule has 1 amide bonds. The number of carbonyl (C=O) groups excluding carboxylic acids is 1. The number of carbonyl (C=O) groups is 1. The Morgan fingerprint density at radius 3 is 2.46 bits per heavy atom. The van der Waals surface area contributed by atoms with Crippen LogP contribution in [0.25, 0.3) is 10.2 Å². The van der Waals surface area contributed by atoms with E-state index < -0.39 is 0 Å². The van der Waals surface area contributed by atoms with Crippen LogP contribution in [-0.2, 0) is 10.2 Å². The zero-order chi connectivity index (χ0) is 18.9. The van der Waals surface area contributed by atoms with Crippen LogP contribution in [-0.4, -0.2) is 17.5 Å². The van der Waals surface area contributed by atoms with E-state index in [9.17, 15) is 4.79 Å². The summed E-state index contributed by atoms with van der Waals surface area (Å²) in [6.07, 6.45) is 0. The number of aryl methyl sites for hydroxylation is 2. The summed E-state index contributed by atoms with van der Waals surface area (Å²) in [5, 5.41) is 3.43. The number of ether oxygens (including phenoxy) is 1. The maximum Gasteiger partial charge on any atom is 0.264 e. The van der Waals surface area contributed by atoms with Gasteiger partial charge in [0.25, 0.3) is 5.91 Å². The van der Waals surface area contributed by atoms with E-state index >= 15 is 0 Å². The zero-order valence-corrected chi connectivity index (χ0v) is 16.7. The Labute approximate surface area is 158 Å². The lowest BCUT2D eigenvalue weighted by atomic mass is 9.87. The minimum atomic E-state index is -0.209. The van der Waals surface area contributed by atoms with E-state index in [0.29, 0.717) is 10.9 Å². The second-order valence-electron chi connectivity index (χ2n) is 7.61. The first-order valence-electron chi connectivity index (χ1n) is 8.63. The lowest BCUT2D eigenvalue weighted by molar-refractivity contribution is -0.118. The lowest BCUT2D eigenvalue weighted by Gasteiger charge is -2.18. The minimum absolute atomic E-state index is 0.0357. The molecule has 0 spiro atoms. The standard InChI is InChI=1S/C21H24N2O2S/c1-13-8-14(2)10-16(9-13)25-12-19(24)23-20-22-17-7-6-15(21(3,4)5)11-18(17)26-20/h6-11H,12H2,1-5H3,(H,22,23,24). The van der Waals surface area contributed by atoms with Crippen molar-refractivity contribution in [3.63, 3.8) is 0 Å². The second-order valence-corrected chi connectivity index (χ2v) is 8.64. The molecule has 0 saturated heterocycles. The van der Waals surface area contributed by atoms with Crippen molar-refractivity contribution in [2.75, 3.05) is 11.9 Å². The fourth-order valence-electron chi connectivity index (χ4n) is 2.77. The minimum Gasteiger partial charge on any atom is -0.484 e. The van der Waals surface area contributed by atoms with Crippen LogP contribution in [0, 0.1) is 13.8 Å². The van der Waals surface area contributed by atoms with Crippen molar-refractivity contribution < 1.29 is 9.53 Å². The van der Waals surface area contributed by atoms with Gasteiger partial charge in [-0.2, -0.15) is 0 Å². The Morgan fingerprint density at radius 1 is 1.12 bits per heavy atom. The van der Waals surface area contributed by atoms with Crippen molar-refractivity contribution in [1.82, 2.24) is 4.98 Å². The van der Waals surface area contributed by atoms with Gasteiger partial charge in [-0.3, -0.25) is 10.1 Å². The van der Waals surface area contributed by atoms with Gasteiger partial charge in [0.1, 0.15) is 5.75 Å². The van der Waals surface area contributed by atoms with Crippen LogP contribution in [0.4, 0.5) is 5.13 Å². The molecule has 0 aliphatic carbocycles. The molecule has 3 rings (SSSR count). The molecule has 1 aromatic heterocycles. The van der Waals surface area contributed by atoms with Crippen LogP contribution in [0.3, 0.4) is 0 Å². The summed E-state index contributed by atoms with van der Waals surface area (Å²) in [5.74, 6) is 0.496. The SMILES string of the molecule is Cc1cc(C)cc(OCC(=O)Nc2nc3ccc(C(C)(C)C)cc3s2)c1. The molecule has 0 aliphatic rings. The van der Waals surface area contributed by atoms with Crippen LogP contribution >= 0.6 is 11.3 Å². The normalized spacial score (nSPS) is 11.6. The molecule has 0 fully saturated rings. The van der Waals surface area contributed by atoms with Gasteiger partial charge in [0.2, 0.25) is 0 Å². The van der Waals surface area contributed by atoms with Gasteiger partial charge < -0.3 is 4.74 Å². The first-order chi connectivity index (χ1) is 12.2. The molecule has 2 aromatic carbocycles. The van der Waals surface area contributed by atoms with Crippen LogP contribution in [0.2, 0.25) is 0 Å². The van der Waals surface area contributed by atoms with E-state index in [1.165, 1.54) is 16.9 Å². The number of amides is 1. The molecule has 136 valence electrons. The number of fused-ring (bicyclic) bond motifs is 1. The Morgan fingerprint density at radius 2 is 1.81 bits per heavy atom. The maximum absolute atomic E-state index is 12.2. The molecule has 26 heavy (non-hydrogen) atoms. The second kappa shape index (κ2) is 7.08. The zero-order valence-electron chi connectivity index (χ0n) is 15.8. The van der Waals surface area contributed by atoms with E-state index in [-0.39, 0.29) is 17.9 Å². The van der Waals surface area contributed by atoms with E-state index in [0.717, 1.165) is 21.3 Å². The largest absolute Gasteiger partial charge is 0.484 e. The number of thiazole rings is 1. The van der Waals surface area contributed by atoms with Gasteiger partial charge in [-0.25, -0.2) is 4.98 Å². The van der Waals surface area contributed by atoms with E-state index in [4.69, 9.17) is 4.74 Å². The molecular weight excluding hydrogens is 344 g/mol. The number of nitrogens with zero attached hydrogens (tertiary/aromatic N) is 1. The molecule has 5 heteroatoms. The van der Waals surface area contributed by atoms with Crippen LogP contribution in [0.1, 0.15) is 37.5 Å². The molecule has 0 bridgehead atoms. The van der Waals surface area contributed by atoms with Crippen molar-refractivity contribution >= 4 is 32.6 Å². The molecule has 1 N–H and O–H groups in total. The summed E-state index contributed by atoms with van der Waals surface area (Å²) < 4.78 is 6.68. The van der Waals surface area contributed by atoms with Crippen molar-refractivity contribution in [1.29, 1.82) is 0 Å². The van der Waals surface area contributed by atoms with Gasteiger partial charge in [-0.1, -0.05) is 44.2 Å². The van der Waals surface area contributed by atoms with Crippen LogP contribution in [0.5, 0.6) is 5.75 Å². The smallest absolute Gasteiger partial charge is 0.264 e. The summed E-state index contributed by atoms with van der Waals surface area (Å²) in [4.78, 5) is 16.7. The van der Waals surface area contributed by atoms with Crippen molar-refractivity contribution in [3.05, 3.63) is 53.1 Å². The molecular formula is C21H24N2O2S. The third kappa shape index (κ3) is 4.41. The summed E-state index contributed by atoms with van der Waals surface area (Å²) >= 11 is 1.48. The predicted molar refractivity (Wildman–Crippen MR) is 108 cm³/mol. The predicted octanol–water partition coefficient (Wildman–Crippen LogP) is 5.23. The number of rotatable bonds is 4. The molecule has 0 saturated carbocycles. The highest BCUT2D eigenvalue weighted by atomic mass is 32.1. The van der Waals surface area contributed by atoms with Crippen molar-refractivity contribution in [3.8, 4) is 5.75 Å². The number of hydrogen-bond donors (Lipinski definition) is 1. The molecule has 0 unspecified atom stereocenters. The highest BCUT2D eigenvalue weighted by Gasteiger charge is 2.15. The Kier molecular flexibility index (Phi) is 5.01. The van der Waals surface area contributed by atoms with E-state index in [2.05, 4.69) is 49.3 Å². The Balaban J connectivity index is 1.67. The van der Waals surface area contributed by atoms with E-state index in [1.807, 2.05) is 32.0 Å². The Hall–Kier alpha value is -2.40. The fourth-order valence-corrected chi connectivity index (χ4v) is 3.69. The number of hydrogen-bond acceptors (Lipinski definition) is 4. The van der Waals surface area contributed by atoms with Crippen molar-refractivity contribution in [2.24, 2.45) is 0 Å². The summed E-state index contributed by atoms with van der Waals surface area (Å²) in [5.41, 5.74) is 4.46. The molecule has 1 heterocycles. The molecule has 4 nitrogen and oxygen atoms in total.